The standard InChI is InChI=1S/C13H13N3O3S/c1-8-6-14-13(15-7-8)20-12-4-3-10(9(2)17)5-11(12)16(18)19/h3-7,9,17H,1-2H3/t9-/m0/s1. The maximum absolute atomic E-state index is 11.1. The Kier molecular flexibility index (Phi) is 4.31. The van der Waals surface area contributed by atoms with E-state index in [0.717, 1.165) is 17.3 Å². The summed E-state index contributed by atoms with van der Waals surface area (Å²) in [5, 5.41) is 21.0. The third-order valence-electron chi connectivity index (χ3n) is 2.62. The van der Waals surface area contributed by atoms with E-state index in [1.807, 2.05) is 6.92 Å². The molecule has 0 aliphatic carbocycles. The number of benzene rings is 1. The molecule has 104 valence electrons. The summed E-state index contributed by atoms with van der Waals surface area (Å²) in [6.45, 7) is 3.43. The molecule has 0 spiro atoms. The average Bonchev–Trinajstić information content (AvgIpc) is 2.41. The summed E-state index contributed by atoms with van der Waals surface area (Å²) in [6, 6.07) is 4.64. The summed E-state index contributed by atoms with van der Waals surface area (Å²) < 4.78 is 0. The van der Waals surface area contributed by atoms with Crippen LogP contribution in [0.15, 0.2) is 40.6 Å². The quantitative estimate of drug-likeness (QED) is 0.529. The number of nitro benzene ring substituents is 1. The fourth-order valence-corrected chi connectivity index (χ4v) is 2.34. The molecule has 0 unspecified atom stereocenters. The Balaban J connectivity index is 2.35. The molecule has 2 rings (SSSR count). The second-order valence-corrected chi connectivity index (χ2v) is 5.31. The Morgan fingerprint density at radius 1 is 1.35 bits per heavy atom. The molecule has 0 radical (unpaired) electrons. The van der Waals surface area contributed by atoms with Gasteiger partial charge in [-0.3, -0.25) is 10.1 Å². The Hall–Kier alpha value is -1.99. The van der Waals surface area contributed by atoms with E-state index in [0.29, 0.717) is 15.6 Å². The topological polar surface area (TPSA) is 89.2 Å². The number of aliphatic hydroxyl groups is 1. The molecular weight excluding hydrogens is 278 g/mol. The van der Waals surface area contributed by atoms with Crippen LogP contribution in [0.2, 0.25) is 0 Å². The molecule has 0 saturated heterocycles. The second kappa shape index (κ2) is 5.98. The Bertz CT molecular complexity index is 629. The van der Waals surface area contributed by atoms with Gasteiger partial charge in [-0.15, -0.1) is 0 Å². The molecular formula is C13H13N3O3S. The number of rotatable bonds is 4. The number of aliphatic hydroxyl groups excluding tert-OH is 1. The van der Waals surface area contributed by atoms with Crippen molar-refractivity contribution in [2.24, 2.45) is 0 Å². The van der Waals surface area contributed by atoms with Crippen LogP contribution in [0, 0.1) is 17.0 Å². The number of aryl methyl sites for hydroxylation is 1. The Morgan fingerprint density at radius 2 is 2.00 bits per heavy atom. The highest BCUT2D eigenvalue weighted by Gasteiger charge is 2.18. The zero-order valence-electron chi connectivity index (χ0n) is 11.0. The first-order valence-electron chi connectivity index (χ1n) is 5.90. The first kappa shape index (κ1) is 14.4. The van der Waals surface area contributed by atoms with Crippen molar-refractivity contribution < 1.29 is 10.0 Å². The smallest absolute Gasteiger partial charge is 0.283 e. The van der Waals surface area contributed by atoms with Crippen LogP contribution in [0.3, 0.4) is 0 Å². The highest BCUT2D eigenvalue weighted by Crippen LogP contribution is 2.34. The highest BCUT2D eigenvalue weighted by atomic mass is 32.2. The lowest BCUT2D eigenvalue weighted by Crippen LogP contribution is -1.97. The first-order chi connectivity index (χ1) is 9.47. The van der Waals surface area contributed by atoms with Crippen molar-refractivity contribution in [3.05, 3.63) is 51.8 Å². The van der Waals surface area contributed by atoms with Gasteiger partial charge in [0.05, 0.1) is 15.9 Å². The van der Waals surface area contributed by atoms with Gasteiger partial charge in [0.2, 0.25) is 0 Å². The van der Waals surface area contributed by atoms with E-state index < -0.39 is 11.0 Å². The summed E-state index contributed by atoms with van der Waals surface area (Å²) >= 11 is 1.13. The van der Waals surface area contributed by atoms with E-state index in [1.165, 1.54) is 6.07 Å². The lowest BCUT2D eigenvalue weighted by Gasteiger charge is -2.07. The normalized spacial score (nSPS) is 12.2. The van der Waals surface area contributed by atoms with E-state index in [1.54, 1.807) is 31.5 Å². The van der Waals surface area contributed by atoms with E-state index in [9.17, 15) is 15.2 Å². The number of aromatic nitrogens is 2. The van der Waals surface area contributed by atoms with Crippen LogP contribution in [0.5, 0.6) is 0 Å². The molecule has 0 bridgehead atoms. The molecule has 1 N–H and O–H groups in total. The van der Waals surface area contributed by atoms with E-state index in [2.05, 4.69) is 9.97 Å². The van der Waals surface area contributed by atoms with Crippen LogP contribution in [0.4, 0.5) is 5.69 Å². The first-order valence-corrected chi connectivity index (χ1v) is 6.72. The zero-order valence-corrected chi connectivity index (χ0v) is 11.8. The third kappa shape index (κ3) is 3.31. The van der Waals surface area contributed by atoms with Crippen molar-refractivity contribution in [3.8, 4) is 0 Å². The van der Waals surface area contributed by atoms with Crippen molar-refractivity contribution in [1.29, 1.82) is 0 Å². The molecule has 1 atom stereocenters. The highest BCUT2D eigenvalue weighted by molar-refractivity contribution is 7.99. The summed E-state index contributed by atoms with van der Waals surface area (Å²) in [6.07, 6.45) is 2.57. The molecule has 7 heteroatoms. The van der Waals surface area contributed by atoms with Gasteiger partial charge >= 0.3 is 0 Å². The van der Waals surface area contributed by atoms with Crippen LogP contribution < -0.4 is 0 Å². The van der Waals surface area contributed by atoms with Crippen LogP contribution in [-0.4, -0.2) is 20.0 Å². The predicted octanol–water partition coefficient (Wildman–Crippen LogP) is 2.90. The zero-order chi connectivity index (χ0) is 14.7. The summed E-state index contributed by atoms with van der Waals surface area (Å²) in [5.74, 6) is 0. The molecule has 0 saturated carbocycles. The summed E-state index contributed by atoms with van der Waals surface area (Å²) in [5.41, 5.74) is 1.37. The van der Waals surface area contributed by atoms with Gasteiger partial charge in [-0.2, -0.15) is 0 Å². The lowest BCUT2D eigenvalue weighted by molar-refractivity contribution is -0.387. The van der Waals surface area contributed by atoms with E-state index >= 15 is 0 Å². The van der Waals surface area contributed by atoms with Gasteiger partial charge in [-0.05, 0) is 42.8 Å². The molecule has 2 aromatic rings. The van der Waals surface area contributed by atoms with Gasteiger partial charge in [0.25, 0.3) is 5.69 Å². The monoisotopic (exact) mass is 291 g/mol. The fourth-order valence-electron chi connectivity index (χ4n) is 1.56. The number of nitrogens with zero attached hydrogens (tertiary/aromatic N) is 3. The SMILES string of the molecule is Cc1cnc(Sc2ccc([C@H](C)O)cc2[N+](=O)[O-])nc1. The number of hydrogen-bond acceptors (Lipinski definition) is 6. The van der Waals surface area contributed by atoms with Gasteiger partial charge < -0.3 is 5.11 Å². The van der Waals surface area contributed by atoms with E-state index in [4.69, 9.17) is 0 Å². The van der Waals surface area contributed by atoms with Crippen molar-refractivity contribution in [3.63, 3.8) is 0 Å². The molecule has 6 nitrogen and oxygen atoms in total. The predicted molar refractivity (Wildman–Crippen MR) is 74.6 cm³/mol. The van der Waals surface area contributed by atoms with Crippen LogP contribution >= 0.6 is 11.8 Å². The van der Waals surface area contributed by atoms with Gasteiger partial charge in [-0.25, -0.2) is 9.97 Å². The average molecular weight is 291 g/mol. The van der Waals surface area contributed by atoms with Crippen molar-refractivity contribution in [1.82, 2.24) is 9.97 Å². The molecule has 1 aromatic carbocycles. The molecule has 20 heavy (non-hydrogen) atoms. The molecule has 1 aromatic heterocycles. The molecule has 1 heterocycles. The second-order valence-electron chi connectivity index (χ2n) is 4.31. The fraction of sp³-hybridized carbons (Fsp3) is 0.231. The Labute approximate surface area is 120 Å². The van der Waals surface area contributed by atoms with Crippen LogP contribution in [0.1, 0.15) is 24.2 Å². The van der Waals surface area contributed by atoms with Crippen molar-refractivity contribution >= 4 is 17.4 Å². The summed E-state index contributed by atoms with van der Waals surface area (Å²) in [4.78, 5) is 19.3. The lowest BCUT2D eigenvalue weighted by atomic mass is 10.1. The molecule has 0 aliphatic rings. The summed E-state index contributed by atoms with van der Waals surface area (Å²) in [7, 11) is 0. The number of nitro groups is 1. The minimum atomic E-state index is -0.747. The van der Waals surface area contributed by atoms with Crippen LogP contribution in [0.25, 0.3) is 0 Å². The maximum atomic E-state index is 11.1. The van der Waals surface area contributed by atoms with Gasteiger partial charge in [0.15, 0.2) is 5.16 Å². The maximum Gasteiger partial charge on any atom is 0.283 e. The van der Waals surface area contributed by atoms with Gasteiger partial charge in [0.1, 0.15) is 0 Å². The molecule has 0 amide bonds. The molecule has 0 fully saturated rings. The third-order valence-corrected chi connectivity index (χ3v) is 3.58. The van der Waals surface area contributed by atoms with Crippen molar-refractivity contribution in [2.75, 3.05) is 0 Å². The molecule has 0 aliphatic heterocycles. The minimum Gasteiger partial charge on any atom is -0.389 e. The van der Waals surface area contributed by atoms with Gasteiger partial charge in [-0.1, -0.05) is 6.07 Å². The van der Waals surface area contributed by atoms with Gasteiger partial charge in [0, 0.05) is 18.5 Å². The Morgan fingerprint density at radius 3 is 2.55 bits per heavy atom. The van der Waals surface area contributed by atoms with Crippen LogP contribution in [-0.2, 0) is 0 Å². The largest absolute Gasteiger partial charge is 0.389 e. The minimum absolute atomic E-state index is 0.0578. The van der Waals surface area contributed by atoms with Crippen molar-refractivity contribution in [2.45, 2.75) is 30.0 Å². The number of hydrogen-bond donors (Lipinski definition) is 1. The van der Waals surface area contributed by atoms with E-state index in [-0.39, 0.29) is 5.69 Å².